The Hall–Kier alpha value is -1.95. The van der Waals surface area contributed by atoms with E-state index in [0.717, 1.165) is 24.8 Å². The lowest BCUT2D eigenvalue weighted by atomic mass is 9.46. The molecule has 6 rings (SSSR count). The highest BCUT2D eigenvalue weighted by Crippen LogP contribution is 2.71. The maximum absolute atomic E-state index is 12.5. The largest absolute Gasteiger partial charge is 0.457 e. The lowest BCUT2D eigenvalue weighted by molar-refractivity contribution is -0.235. The fraction of sp³-hybridized carbons (Fsp3) is 0.607. The van der Waals surface area contributed by atoms with Gasteiger partial charge in [0.05, 0.1) is 6.10 Å². The Morgan fingerprint density at radius 1 is 1.18 bits per heavy atom. The first kappa shape index (κ1) is 21.6. The van der Waals surface area contributed by atoms with Gasteiger partial charge in [-0.1, -0.05) is 50.6 Å². The summed E-state index contributed by atoms with van der Waals surface area (Å²) in [6.07, 6.45) is 8.07. The molecule has 5 heteroatoms. The van der Waals surface area contributed by atoms with E-state index in [1.807, 2.05) is 36.4 Å². The molecule has 1 aliphatic heterocycles. The fourth-order valence-electron chi connectivity index (χ4n) is 8.57. The normalized spacial score (nSPS) is 50.2. The van der Waals surface area contributed by atoms with E-state index in [9.17, 15) is 15.0 Å². The van der Waals surface area contributed by atoms with E-state index < -0.39 is 22.9 Å². The molecule has 1 saturated heterocycles. The summed E-state index contributed by atoms with van der Waals surface area (Å²) in [6.45, 7) is 6.79. The van der Waals surface area contributed by atoms with Crippen molar-refractivity contribution in [3.05, 3.63) is 54.1 Å². The van der Waals surface area contributed by atoms with E-state index in [0.29, 0.717) is 18.8 Å². The van der Waals surface area contributed by atoms with Gasteiger partial charge in [0.25, 0.3) is 5.79 Å². The molecule has 0 bridgehead atoms. The fourth-order valence-corrected chi connectivity index (χ4v) is 8.57. The van der Waals surface area contributed by atoms with E-state index >= 15 is 0 Å². The predicted octanol–water partition coefficient (Wildman–Crippen LogP) is 4.05. The molecule has 1 aromatic rings. The number of fused-ring (bicyclic) bond motifs is 5. The second-order valence-electron chi connectivity index (χ2n) is 11.6. The number of ether oxygens (including phenoxy) is 2. The summed E-state index contributed by atoms with van der Waals surface area (Å²) in [5, 5.41) is 24.1. The number of para-hydroxylation sites is 1. The molecule has 2 N–H and O–H groups in total. The van der Waals surface area contributed by atoms with Gasteiger partial charge in [0.15, 0.2) is 5.78 Å². The van der Waals surface area contributed by atoms with Crippen molar-refractivity contribution in [2.75, 3.05) is 6.61 Å². The first-order chi connectivity index (χ1) is 15.6. The molecule has 3 saturated carbocycles. The van der Waals surface area contributed by atoms with E-state index in [2.05, 4.69) is 20.8 Å². The van der Waals surface area contributed by atoms with Crippen LogP contribution in [0.3, 0.4) is 0 Å². The molecule has 9 atom stereocenters. The van der Waals surface area contributed by atoms with Gasteiger partial charge in [-0.25, -0.2) is 0 Å². The third-order valence-electron chi connectivity index (χ3n) is 10.1. The van der Waals surface area contributed by atoms with Crippen LogP contribution in [-0.2, 0) is 9.53 Å². The van der Waals surface area contributed by atoms with Crippen LogP contribution in [0.1, 0.15) is 46.5 Å². The molecule has 0 amide bonds. The van der Waals surface area contributed by atoms with E-state index in [-0.39, 0.29) is 34.9 Å². The lowest BCUT2D eigenvalue weighted by Gasteiger charge is -2.60. The lowest BCUT2D eigenvalue weighted by Crippen LogP contribution is -2.65. The summed E-state index contributed by atoms with van der Waals surface area (Å²) in [4.78, 5) is 12.0. The van der Waals surface area contributed by atoms with Gasteiger partial charge in [-0.05, 0) is 67.7 Å². The van der Waals surface area contributed by atoms with Crippen LogP contribution in [0.4, 0.5) is 0 Å². The molecular formula is C28H34O5. The van der Waals surface area contributed by atoms with E-state index in [4.69, 9.17) is 9.47 Å². The molecule has 0 radical (unpaired) electrons. The van der Waals surface area contributed by atoms with Gasteiger partial charge >= 0.3 is 0 Å². The van der Waals surface area contributed by atoms with Crippen molar-refractivity contribution in [2.45, 2.75) is 63.9 Å². The number of epoxide rings is 1. The van der Waals surface area contributed by atoms with Crippen molar-refractivity contribution >= 4 is 5.78 Å². The third-order valence-corrected chi connectivity index (χ3v) is 10.1. The molecular weight excluding hydrogens is 416 g/mol. The van der Waals surface area contributed by atoms with Crippen LogP contribution in [0.2, 0.25) is 0 Å². The van der Waals surface area contributed by atoms with Gasteiger partial charge in [0.2, 0.25) is 0 Å². The molecule has 4 fully saturated rings. The van der Waals surface area contributed by atoms with Crippen LogP contribution in [0.25, 0.3) is 0 Å². The Balaban J connectivity index is 1.38. The molecule has 1 heterocycles. The monoisotopic (exact) mass is 450 g/mol. The van der Waals surface area contributed by atoms with E-state index in [1.165, 1.54) is 0 Å². The maximum Gasteiger partial charge on any atom is 0.264 e. The smallest absolute Gasteiger partial charge is 0.264 e. The molecule has 5 aliphatic rings. The summed E-state index contributed by atoms with van der Waals surface area (Å²) in [5.74, 6) is 0.182. The molecule has 0 spiro atoms. The van der Waals surface area contributed by atoms with E-state index in [1.54, 1.807) is 12.2 Å². The Morgan fingerprint density at radius 3 is 2.61 bits per heavy atom. The Labute approximate surface area is 195 Å². The van der Waals surface area contributed by atoms with Crippen molar-refractivity contribution in [3.63, 3.8) is 0 Å². The second-order valence-corrected chi connectivity index (χ2v) is 11.6. The van der Waals surface area contributed by atoms with Crippen LogP contribution in [0.15, 0.2) is 54.1 Å². The standard InChI is InChI=1S/C28H34O5/c1-17-13-22-21-10-9-18-14-19(29)11-12-25(18,2)24(21)23(30)15-26(22,3)28(17,31)27(16-32-27)33-20-7-5-4-6-8-20/h4-8,11-12,14,17,21-24,30-31H,9-10,13,15-16H2,1-3H3/t17-,21+,22+,23+,24-,25+,26+,27-,28-/m1/s1. The Kier molecular flexibility index (Phi) is 4.45. The number of benzene rings is 1. The van der Waals surface area contributed by atoms with Crippen molar-refractivity contribution in [1.82, 2.24) is 0 Å². The SMILES string of the molecule is C[C@@H]1C[C@H]2[C@@H]3CCC4=CC(=O)C=C[C@]4(C)[C@H]3[C@@H](O)C[C@]2(C)[C@@]1(O)[C@]1(Oc2ccccc2)CO1. The minimum atomic E-state index is -1.21. The molecule has 0 unspecified atom stereocenters. The number of carbonyl (C=O) groups is 1. The van der Waals surface area contributed by atoms with Crippen molar-refractivity contribution in [2.24, 2.45) is 34.5 Å². The minimum Gasteiger partial charge on any atom is -0.457 e. The van der Waals surface area contributed by atoms with Gasteiger partial charge in [-0.3, -0.25) is 4.79 Å². The average molecular weight is 451 g/mol. The molecule has 33 heavy (non-hydrogen) atoms. The van der Waals surface area contributed by atoms with Gasteiger partial charge in [0, 0.05) is 16.7 Å². The average Bonchev–Trinajstić information content (AvgIpc) is 3.53. The van der Waals surface area contributed by atoms with Crippen LogP contribution >= 0.6 is 0 Å². The Bertz CT molecular complexity index is 1040. The molecule has 1 aromatic carbocycles. The van der Waals surface area contributed by atoms with Crippen LogP contribution in [-0.4, -0.2) is 40.1 Å². The predicted molar refractivity (Wildman–Crippen MR) is 123 cm³/mol. The molecule has 5 nitrogen and oxygen atoms in total. The first-order valence-corrected chi connectivity index (χ1v) is 12.4. The number of aliphatic hydroxyl groups excluding tert-OH is 1. The van der Waals surface area contributed by atoms with Gasteiger partial charge in [-0.15, -0.1) is 0 Å². The highest BCUT2D eigenvalue weighted by molar-refractivity contribution is 6.01. The Morgan fingerprint density at radius 2 is 1.91 bits per heavy atom. The highest BCUT2D eigenvalue weighted by atomic mass is 16.8. The summed E-state index contributed by atoms with van der Waals surface area (Å²) in [5.41, 5.74) is -0.906. The quantitative estimate of drug-likeness (QED) is 0.680. The van der Waals surface area contributed by atoms with Crippen LogP contribution in [0.5, 0.6) is 5.75 Å². The highest BCUT2D eigenvalue weighted by Gasteiger charge is 2.79. The maximum atomic E-state index is 12.5. The number of carbonyl (C=O) groups excluding carboxylic acids is 1. The van der Waals surface area contributed by atoms with Gasteiger partial charge in [0.1, 0.15) is 18.0 Å². The van der Waals surface area contributed by atoms with Crippen molar-refractivity contribution < 1.29 is 24.5 Å². The number of rotatable bonds is 3. The topological polar surface area (TPSA) is 79.3 Å². The van der Waals surface area contributed by atoms with Crippen LogP contribution in [0, 0.1) is 34.5 Å². The number of aliphatic hydroxyl groups is 2. The second kappa shape index (κ2) is 6.80. The summed E-state index contributed by atoms with van der Waals surface area (Å²) >= 11 is 0. The molecule has 176 valence electrons. The third kappa shape index (κ3) is 2.67. The van der Waals surface area contributed by atoms with Gasteiger partial charge in [-0.2, -0.15) is 0 Å². The number of allylic oxidation sites excluding steroid dienone is 4. The summed E-state index contributed by atoms with van der Waals surface area (Å²) in [6, 6.07) is 9.57. The minimum absolute atomic E-state index is 0.0297. The first-order valence-electron chi connectivity index (χ1n) is 12.4. The molecule has 0 aromatic heterocycles. The zero-order valence-electron chi connectivity index (χ0n) is 19.7. The number of hydrogen-bond acceptors (Lipinski definition) is 5. The number of hydrogen-bond donors (Lipinski definition) is 2. The zero-order valence-corrected chi connectivity index (χ0v) is 19.7. The number of ketones is 1. The van der Waals surface area contributed by atoms with Crippen LogP contribution < -0.4 is 4.74 Å². The van der Waals surface area contributed by atoms with Crippen molar-refractivity contribution in [1.29, 1.82) is 0 Å². The summed E-state index contributed by atoms with van der Waals surface area (Å²) < 4.78 is 12.3. The molecule has 4 aliphatic carbocycles. The summed E-state index contributed by atoms with van der Waals surface area (Å²) in [7, 11) is 0. The van der Waals surface area contributed by atoms with Crippen molar-refractivity contribution in [3.8, 4) is 5.75 Å². The zero-order chi connectivity index (χ0) is 23.2. The van der Waals surface area contributed by atoms with Gasteiger partial charge < -0.3 is 19.7 Å².